The monoisotopic (exact) mass is 277 g/mol. The van der Waals surface area contributed by atoms with Gasteiger partial charge in [0.1, 0.15) is 0 Å². The Labute approximate surface area is 122 Å². The summed E-state index contributed by atoms with van der Waals surface area (Å²) in [5.41, 5.74) is 3.19. The van der Waals surface area contributed by atoms with E-state index in [1.54, 1.807) is 6.21 Å². The third-order valence-electron chi connectivity index (χ3n) is 2.92. The van der Waals surface area contributed by atoms with Gasteiger partial charge in [0.2, 0.25) is 5.95 Å². The lowest BCUT2D eigenvalue weighted by molar-refractivity contribution is 1.09. The lowest BCUT2D eigenvalue weighted by Gasteiger charge is -1.99. The van der Waals surface area contributed by atoms with Crippen LogP contribution in [0.15, 0.2) is 59.6 Å². The number of anilines is 2. The van der Waals surface area contributed by atoms with E-state index in [1.807, 2.05) is 54.6 Å². The third-order valence-corrected chi connectivity index (χ3v) is 2.92. The molecular formula is C16H15N5. The molecule has 0 unspecified atom stereocenters. The molecule has 3 aromatic rings. The molecule has 1 heterocycles. The van der Waals surface area contributed by atoms with Crippen molar-refractivity contribution in [2.75, 3.05) is 5.32 Å². The maximum atomic E-state index is 4.26. The Morgan fingerprint density at radius 1 is 1.05 bits per heavy atom. The fraction of sp³-hybridized carbons (Fsp3) is 0.0625. The zero-order valence-electron chi connectivity index (χ0n) is 11.6. The van der Waals surface area contributed by atoms with Gasteiger partial charge in [0.05, 0.1) is 0 Å². The molecule has 104 valence electrons. The van der Waals surface area contributed by atoms with Gasteiger partial charge in [0.25, 0.3) is 5.95 Å². The van der Waals surface area contributed by atoms with E-state index < -0.39 is 0 Å². The predicted octanol–water partition coefficient (Wildman–Crippen LogP) is 3.61. The van der Waals surface area contributed by atoms with E-state index in [0.717, 1.165) is 11.3 Å². The van der Waals surface area contributed by atoms with Gasteiger partial charge in [-0.05, 0) is 24.6 Å². The van der Waals surface area contributed by atoms with Gasteiger partial charge in [-0.1, -0.05) is 48.0 Å². The number of H-pyrrole nitrogens is 1. The highest BCUT2D eigenvalue weighted by Gasteiger charge is 2.01. The minimum absolute atomic E-state index is 0.397. The van der Waals surface area contributed by atoms with E-state index in [1.165, 1.54) is 5.56 Å². The van der Waals surface area contributed by atoms with Gasteiger partial charge in [0.15, 0.2) is 0 Å². The topological polar surface area (TPSA) is 66.0 Å². The van der Waals surface area contributed by atoms with Gasteiger partial charge >= 0.3 is 0 Å². The van der Waals surface area contributed by atoms with Crippen molar-refractivity contribution in [1.29, 1.82) is 0 Å². The lowest BCUT2D eigenvalue weighted by Crippen LogP contribution is -1.91. The fourth-order valence-corrected chi connectivity index (χ4v) is 1.81. The first-order valence-electron chi connectivity index (χ1n) is 6.65. The van der Waals surface area contributed by atoms with Crippen LogP contribution in [0.2, 0.25) is 0 Å². The van der Waals surface area contributed by atoms with Crippen LogP contribution in [0.1, 0.15) is 11.1 Å². The number of para-hydroxylation sites is 1. The summed E-state index contributed by atoms with van der Waals surface area (Å²) < 4.78 is 0. The van der Waals surface area contributed by atoms with Crippen molar-refractivity contribution < 1.29 is 0 Å². The molecule has 5 heteroatoms. The summed E-state index contributed by atoms with van der Waals surface area (Å²) in [6.07, 6.45) is 1.74. The van der Waals surface area contributed by atoms with Gasteiger partial charge in [-0.2, -0.15) is 4.98 Å². The molecule has 0 bridgehead atoms. The number of aryl methyl sites for hydroxylation is 1. The van der Waals surface area contributed by atoms with Crippen LogP contribution < -0.4 is 5.32 Å². The Hall–Kier alpha value is -2.95. The minimum Gasteiger partial charge on any atom is -0.325 e. The molecule has 5 nitrogen and oxygen atoms in total. The quantitative estimate of drug-likeness (QED) is 0.716. The van der Waals surface area contributed by atoms with Gasteiger partial charge in [-0.3, -0.25) is 0 Å². The van der Waals surface area contributed by atoms with E-state index in [2.05, 4.69) is 32.4 Å². The number of nitrogens with one attached hydrogen (secondary N) is 2. The molecule has 0 atom stereocenters. The van der Waals surface area contributed by atoms with E-state index in [-0.39, 0.29) is 0 Å². The Bertz CT molecular complexity index is 729. The first-order valence-corrected chi connectivity index (χ1v) is 6.65. The van der Waals surface area contributed by atoms with Crippen LogP contribution in [-0.4, -0.2) is 21.4 Å². The predicted molar refractivity (Wildman–Crippen MR) is 84.5 cm³/mol. The summed E-state index contributed by atoms with van der Waals surface area (Å²) >= 11 is 0. The molecule has 2 aromatic carbocycles. The normalized spacial score (nSPS) is 10.9. The minimum atomic E-state index is 0.397. The number of aromatic nitrogens is 3. The average Bonchev–Trinajstić information content (AvgIpc) is 2.95. The zero-order valence-corrected chi connectivity index (χ0v) is 11.6. The molecule has 1 aromatic heterocycles. The zero-order chi connectivity index (χ0) is 14.5. The molecule has 0 saturated carbocycles. The number of benzene rings is 2. The molecule has 0 amide bonds. The summed E-state index contributed by atoms with van der Waals surface area (Å²) in [4.78, 5) is 8.51. The Morgan fingerprint density at radius 2 is 1.81 bits per heavy atom. The van der Waals surface area contributed by atoms with Crippen LogP contribution in [0.25, 0.3) is 0 Å². The van der Waals surface area contributed by atoms with E-state index in [0.29, 0.717) is 11.9 Å². The second kappa shape index (κ2) is 6.00. The molecule has 0 aliphatic rings. The van der Waals surface area contributed by atoms with Gasteiger partial charge in [0, 0.05) is 11.9 Å². The largest absolute Gasteiger partial charge is 0.325 e. The highest BCUT2D eigenvalue weighted by Crippen LogP contribution is 2.14. The first-order chi connectivity index (χ1) is 10.3. The second-order valence-electron chi connectivity index (χ2n) is 4.64. The van der Waals surface area contributed by atoms with Crippen molar-refractivity contribution >= 4 is 23.8 Å². The Kier molecular flexibility index (Phi) is 3.73. The summed E-state index contributed by atoms with van der Waals surface area (Å²) in [5.74, 6) is 0.964. The van der Waals surface area contributed by atoms with Crippen LogP contribution in [-0.2, 0) is 0 Å². The molecule has 0 saturated heterocycles. The Morgan fingerprint density at radius 3 is 2.57 bits per heavy atom. The number of hydrogen-bond acceptors (Lipinski definition) is 4. The lowest BCUT2D eigenvalue weighted by atomic mass is 10.2. The maximum Gasteiger partial charge on any atom is 0.269 e. The molecule has 0 aliphatic carbocycles. The molecule has 21 heavy (non-hydrogen) atoms. The smallest absolute Gasteiger partial charge is 0.269 e. The van der Waals surface area contributed by atoms with E-state index in [9.17, 15) is 0 Å². The number of rotatable bonds is 4. The van der Waals surface area contributed by atoms with E-state index in [4.69, 9.17) is 0 Å². The van der Waals surface area contributed by atoms with Crippen LogP contribution in [0.3, 0.4) is 0 Å². The summed E-state index contributed by atoms with van der Waals surface area (Å²) in [6, 6.07) is 17.9. The van der Waals surface area contributed by atoms with Crippen molar-refractivity contribution in [3.63, 3.8) is 0 Å². The van der Waals surface area contributed by atoms with Gasteiger partial charge in [-0.15, -0.1) is 5.10 Å². The van der Waals surface area contributed by atoms with Crippen molar-refractivity contribution in [3.05, 3.63) is 65.7 Å². The van der Waals surface area contributed by atoms with Crippen molar-refractivity contribution in [1.82, 2.24) is 15.2 Å². The molecule has 0 spiro atoms. The van der Waals surface area contributed by atoms with Crippen molar-refractivity contribution in [3.8, 4) is 0 Å². The van der Waals surface area contributed by atoms with Gasteiger partial charge < -0.3 is 5.32 Å². The van der Waals surface area contributed by atoms with Crippen LogP contribution in [0, 0.1) is 6.92 Å². The van der Waals surface area contributed by atoms with Crippen LogP contribution in [0.4, 0.5) is 17.6 Å². The standard InChI is InChI=1S/C16H15N5/c1-12-7-9-13(10-8-12)11-17-15-19-16(21-20-15)18-14-5-3-2-4-6-14/h2-11H,1H3,(H2,18,19,20,21)/b17-11+. The van der Waals surface area contributed by atoms with Crippen LogP contribution in [0.5, 0.6) is 0 Å². The average molecular weight is 277 g/mol. The number of aliphatic imine (C=N–C) groups is 1. The van der Waals surface area contributed by atoms with Crippen molar-refractivity contribution in [2.24, 2.45) is 4.99 Å². The molecule has 2 N–H and O–H groups in total. The highest BCUT2D eigenvalue weighted by atomic mass is 15.3. The summed E-state index contributed by atoms with van der Waals surface area (Å²) in [7, 11) is 0. The number of aromatic amines is 1. The molecule has 0 fully saturated rings. The summed E-state index contributed by atoms with van der Waals surface area (Å²) in [5, 5.41) is 9.99. The van der Waals surface area contributed by atoms with Crippen LogP contribution >= 0.6 is 0 Å². The first kappa shape index (κ1) is 13.1. The molecule has 0 aliphatic heterocycles. The maximum absolute atomic E-state index is 4.26. The van der Waals surface area contributed by atoms with Crippen molar-refractivity contribution in [2.45, 2.75) is 6.92 Å². The SMILES string of the molecule is Cc1ccc(/C=N/c2n[nH]c(Nc3ccccc3)n2)cc1. The summed E-state index contributed by atoms with van der Waals surface area (Å²) in [6.45, 7) is 2.05. The molecular weight excluding hydrogens is 262 g/mol. The number of hydrogen-bond donors (Lipinski definition) is 2. The van der Waals surface area contributed by atoms with E-state index >= 15 is 0 Å². The fourth-order valence-electron chi connectivity index (χ4n) is 1.81. The van der Waals surface area contributed by atoms with Gasteiger partial charge in [-0.25, -0.2) is 10.1 Å². The third kappa shape index (κ3) is 3.54. The second-order valence-corrected chi connectivity index (χ2v) is 4.64. The number of nitrogens with zero attached hydrogens (tertiary/aromatic N) is 3. The highest BCUT2D eigenvalue weighted by molar-refractivity contribution is 5.81. The Balaban J connectivity index is 1.69. The molecule has 3 rings (SSSR count). The molecule has 0 radical (unpaired) electrons.